The van der Waals surface area contributed by atoms with Crippen LogP contribution in [-0.2, 0) is 0 Å². The Bertz CT molecular complexity index is 737. The van der Waals surface area contributed by atoms with Gasteiger partial charge in [0.1, 0.15) is 0 Å². The lowest BCUT2D eigenvalue weighted by Crippen LogP contribution is -2.01. The highest BCUT2D eigenvalue weighted by Crippen LogP contribution is 2.34. The Hall–Kier alpha value is -2.09. The van der Waals surface area contributed by atoms with Crippen molar-refractivity contribution < 1.29 is 4.92 Å². The molecule has 0 aliphatic rings. The summed E-state index contributed by atoms with van der Waals surface area (Å²) in [4.78, 5) is 10.4. The van der Waals surface area contributed by atoms with Crippen LogP contribution in [0.2, 0.25) is 10.0 Å². The van der Waals surface area contributed by atoms with Crippen molar-refractivity contribution >= 4 is 28.9 Å². The number of nitrogens with zero attached hydrogens (tertiary/aromatic N) is 2. The number of nitro benzene ring substituents is 1. The number of nitro groups is 1. The summed E-state index contributed by atoms with van der Waals surface area (Å²) in [7, 11) is 0. The van der Waals surface area contributed by atoms with Crippen LogP contribution in [0.3, 0.4) is 0 Å². The van der Waals surface area contributed by atoms with E-state index in [-0.39, 0.29) is 10.7 Å². The molecular weight excluding hydrogens is 311 g/mol. The van der Waals surface area contributed by atoms with Crippen LogP contribution in [0, 0.1) is 28.4 Å². The molecule has 0 aliphatic carbocycles. The fourth-order valence-electron chi connectivity index (χ4n) is 2.09. The Balaban J connectivity index is 2.53. The first-order chi connectivity index (χ1) is 9.93. The summed E-state index contributed by atoms with van der Waals surface area (Å²) >= 11 is 12.0. The van der Waals surface area contributed by atoms with Crippen molar-refractivity contribution in [3.05, 3.63) is 73.2 Å². The molecular formula is C15H10Cl2N2O2. The van der Waals surface area contributed by atoms with Gasteiger partial charge in [0.2, 0.25) is 0 Å². The summed E-state index contributed by atoms with van der Waals surface area (Å²) in [5, 5.41) is 21.1. The maximum atomic E-state index is 10.9. The number of halogens is 2. The van der Waals surface area contributed by atoms with Crippen LogP contribution >= 0.6 is 23.2 Å². The van der Waals surface area contributed by atoms with Gasteiger partial charge in [-0.15, -0.1) is 0 Å². The highest BCUT2D eigenvalue weighted by atomic mass is 35.5. The predicted octanol–water partition coefficient (Wildman–Crippen LogP) is 4.87. The molecule has 0 saturated heterocycles. The van der Waals surface area contributed by atoms with E-state index in [1.807, 2.05) is 0 Å². The van der Waals surface area contributed by atoms with Crippen molar-refractivity contribution in [2.45, 2.75) is 12.8 Å². The third-order valence-electron chi connectivity index (χ3n) is 3.16. The zero-order valence-corrected chi connectivity index (χ0v) is 12.5. The first-order valence-corrected chi connectivity index (χ1v) is 6.79. The van der Waals surface area contributed by atoms with Crippen molar-refractivity contribution in [2.75, 3.05) is 0 Å². The molecule has 6 heteroatoms. The van der Waals surface area contributed by atoms with Crippen molar-refractivity contribution in [2.24, 2.45) is 0 Å². The van der Waals surface area contributed by atoms with Gasteiger partial charge in [0.15, 0.2) is 0 Å². The first-order valence-electron chi connectivity index (χ1n) is 6.03. The fourth-order valence-corrected chi connectivity index (χ4v) is 2.48. The van der Waals surface area contributed by atoms with Crippen LogP contribution in [0.5, 0.6) is 0 Å². The zero-order valence-electron chi connectivity index (χ0n) is 11.0. The highest BCUT2D eigenvalue weighted by molar-refractivity contribution is 6.31. The Morgan fingerprint density at radius 2 is 1.86 bits per heavy atom. The summed E-state index contributed by atoms with van der Waals surface area (Å²) in [5.41, 5.74) is 1.69. The molecule has 0 aliphatic heterocycles. The Kier molecular flexibility index (Phi) is 4.46. The molecule has 0 fully saturated rings. The van der Waals surface area contributed by atoms with Crippen LogP contribution in [0.15, 0.2) is 36.4 Å². The van der Waals surface area contributed by atoms with Crippen LogP contribution in [0.25, 0.3) is 0 Å². The fraction of sp³-hybridized carbons (Fsp3) is 0.133. The molecule has 21 heavy (non-hydrogen) atoms. The Morgan fingerprint density at radius 1 is 1.24 bits per heavy atom. The highest BCUT2D eigenvalue weighted by Gasteiger charge is 2.21. The molecule has 4 nitrogen and oxygen atoms in total. The van der Waals surface area contributed by atoms with E-state index in [9.17, 15) is 15.4 Å². The van der Waals surface area contributed by atoms with Crippen molar-refractivity contribution in [3.8, 4) is 6.07 Å². The van der Waals surface area contributed by atoms with Crippen molar-refractivity contribution in [3.63, 3.8) is 0 Å². The molecule has 0 radical (unpaired) electrons. The second kappa shape index (κ2) is 6.13. The third-order valence-corrected chi connectivity index (χ3v) is 3.73. The van der Waals surface area contributed by atoms with Crippen LogP contribution in [-0.4, -0.2) is 4.92 Å². The molecule has 0 N–H and O–H groups in total. The minimum Gasteiger partial charge on any atom is -0.258 e. The van der Waals surface area contributed by atoms with Crippen LogP contribution in [0.1, 0.15) is 22.6 Å². The average molecular weight is 321 g/mol. The minimum absolute atomic E-state index is 0.0588. The number of aryl methyl sites for hydroxylation is 1. The molecule has 2 aromatic rings. The molecule has 1 atom stereocenters. The zero-order chi connectivity index (χ0) is 15.6. The van der Waals surface area contributed by atoms with E-state index >= 15 is 0 Å². The van der Waals surface area contributed by atoms with Crippen LogP contribution in [0.4, 0.5) is 5.69 Å². The van der Waals surface area contributed by atoms with Crippen LogP contribution < -0.4 is 0 Å². The maximum absolute atomic E-state index is 10.9. The van der Waals surface area contributed by atoms with E-state index in [0.717, 1.165) is 5.56 Å². The molecule has 0 spiro atoms. The summed E-state index contributed by atoms with van der Waals surface area (Å²) < 4.78 is 0. The predicted molar refractivity (Wildman–Crippen MR) is 81.8 cm³/mol. The minimum atomic E-state index is -0.603. The van der Waals surface area contributed by atoms with Crippen molar-refractivity contribution in [1.82, 2.24) is 0 Å². The molecule has 2 aromatic carbocycles. The summed E-state index contributed by atoms with van der Waals surface area (Å²) in [6, 6.07) is 11.9. The van der Waals surface area contributed by atoms with E-state index in [0.29, 0.717) is 16.1 Å². The molecule has 0 heterocycles. The molecule has 106 valence electrons. The van der Waals surface area contributed by atoms with E-state index in [1.54, 1.807) is 37.3 Å². The molecule has 2 rings (SSSR count). The molecule has 0 saturated carbocycles. The Labute approximate surface area is 131 Å². The number of nitriles is 1. The van der Waals surface area contributed by atoms with E-state index in [1.165, 1.54) is 6.07 Å². The Morgan fingerprint density at radius 3 is 2.38 bits per heavy atom. The lowest BCUT2D eigenvalue weighted by molar-refractivity contribution is -0.385. The topological polar surface area (TPSA) is 66.9 Å². The monoisotopic (exact) mass is 320 g/mol. The maximum Gasteiger partial charge on any atom is 0.273 e. The number of benzene rings is 2. The second-order valence-corrected chi connectivity index (χ2v) is 5.37. The average Bonchev–Trinajstić information content (AvgIpc) is 2.44. The summed E-state index contributed by atoms with van der Waals surface area (Å²) in [6.45, 7) is 1.62. The van der Waals surface area contributed by atoms with Gasteiger partial charge in [0.05, 0.1) is 21.9 Å². The largest absolute Gasteiger partial charge is 0.273 e. The molecule has 0 aromatic heterocycles. The third kappa shape index (κ3) is 3.15. The molecule has 0 bridgehead atoms. The van der Waals surface area contributed by atoms with Gasteiger partial charge in [-0.3, -0.25) is 10.1 Å². The van der Waals surface area contributed by atoms with Gasteiger partial charge in [-0.2, -0.15) is 5.26 Å². The number of rotatable bonds is 3. The van der Waals surface area contributed by atoms with E-state index < -0.39 is 10.8 Å². The van der Waals surface area contributed by atoms with Gasteiger partial charge in [0, 0.05) is 16.7 Å². The lowest BCUT2D eigenvalue weighted by atomic mass is 9.91. The molecule has 1 unspecified atom stereocenters. The van der Waals surface area contributed by atoms with Gasteiger partial charge in [-0.25, -0.2) is 0 Å². The van der Waals surface area contributed by atoms with E-state index in [4.69, 9.17) is 23.2 Å². The smallest absolute Gasteiger partial charge is 0.258 e. The number of hydrogen-bond acceptors (Lipinski definition) is 3. The summed E-state index contributed by atoms with van der Waals surface area (Å²) in [6.07, 6.45) is 0. The lowest BCUT2D eigenvalue weighted by Gasteiger charge is -2.13. The summed E-state index contributed by atoms with van der Waals surface area (Å²) in [5.74, 6) is -0.603. The van der Waals surface area contributed by atoms with Gasteiger partial charge >= 0.3 is 0 Å². The van der Waals surface area contributed by atoms with Gasteiger partial charge < -0.3 is 0 Å². The first kappa shape index (κ1) is 15.3. The normalized spacial score (nSPS) is 11.7. The SMILES string of the molecule is Cc1cc(C(C#N)c2ccc(Cl)cc2)c(Cl)cc1[N+](=O)[O-]. The van der Waals surface area contributed by atoms with Gasteiger partial charge in [-0.1, -0.05) is 35.3 Å². The standard InChI is InChI=1S/C15H10Cl2N2O2/c1-9-6-12(14(17)7-15(9)19(20)21)13(8-18)10-2-4-11(16)5-3-10/h2-7,13H,1H3. The van der Waals surface area contributed by atoms with E-state index in [2.05, 4.69) is 6.07 Å². The van der Waals surface area contributed by atoms with Gasteiger partial charge in [0.25, 0.3) is 5.69 Å². The number of hydrogen-bond donors (Lipinski definition) is 0. The quantitative estimate of drug-likeness (QED) is 0.598. The second-order valence-electron chi connectivity index (χ2n) is 4.53. The molecule has 0 amide bonds. The van der Waals surface area contributed by atoms with Crippen molar-refractivity contribution in [1.29, 1.82) is 5.26 Å². The van der Waals surface area contributed by atoms with Gasteiger partial charge in [-0.05, 0) is 36.2 Å².